The highest BCUT2D eigenvalue weighted by atomic mass is 16.4. The molecule has 1 N–H and O–H groups in total. The maximum Gasteiger partial charge on any atom is 0.303 e. The van der Waals surface area contributed by atoms with Gasteiger partial charge in [0, 0.05) is 25.6 Å². The fourth-order valence-corrected chi connectivity index (χ4v) is 4.70. The minimum Gasteiger partial charge on any atom is -0.481 e. The standard InChI is InChI=1S/C22H29N3O3/c1-15(13-16-5-4-6-16)25-19-8-3-2-7-18(19)23-21(22(25)28)24-11-9-17(10-12-24)14-20(26)27/h2-3,7-8,15-17H,4-6,9-14H2,1H3,(H,26,27)/t15-/m0/s1. The van der Waals surface area contributed by atoms with E-state index in [1.165, 1.54) is 19.3 Å². The average molecular weight is 383 g/mol. The fourth-order valence-electron chi connectivity index (χ4n) is 4.70. The number of fused-ring (bicyclic) bond motifs is 1. The van der Waals surface area contributed by atoms with E-state index in [4.69, 9.17) is 10.1 Å². The highest BCUT2D eigenvalue weighted by Gasteiger charge is 2.27. The monoisotopic (exact) mass is 383 g/mol. The van der Waals surface area contributed by atoms with Crippen LogP contribution in [0.3, 0.4) is 0 Å². The van der Waals surface area contributed by atoms with Crippen LogP contribution in [0.25, 0.3) is 11.0 Å². The van der Waals surface area contributed by atoms with Gasteiger partial charge in [-0.1, -0.05) is 31.4 Å². The number of piperidine rings is 1. The summed E-state index contributed by atoms with van der Waals surface area (Å²) in [4.78, 5) is 31.2. The lowest BCUT2D eigenvalue weighted by Gasteiger charge is -2.33. The second kappa shape index (κ2) is 7.94. The SMILES string of the molecule is C[C@@H](CC1CCC1)n1c(=O)c(N2CCC(CC(=O)O)CC2)nc2ccccc21. The molecule has 2 aliphatic rings. The van der Waals surface area contributed by atoms with Gasteiger partial charge in [-0.05, 0) is 50.2 Å². The Bertz CT molecular complexity index is 911. The third-order valence-electron chi connectivity index (χ3n) is 6.50. The summed E-state index contributed by atoms with van der Waals surface area (Å²) in [5.41, 5.74) is 1.75. The molecule has 150 valence electrons. The highest BCUT2D eigenvalue weighted by molar-refractivity contribution is 5.76. The molecule has 2 heterocycles. The molecule has 0 spiro atoms. The predicted molar refractivity (Wildman–Crippen MR) is 110 cm³/mol. The number of benzene rings is 1. The number of hydrogen-bond acceptors (Lipinski definition) is 4. The zero-order valence-corrected chi connectivity index (χ0v) is 16.5. The Labute approximate surface area is 165 Å². The molecule has 1 atom stereocenters. The van der Waals surface area contributed by atoms with Crippen molar-refractivity contribution in [2.75, 3.05) is 18.0 Å². The van der Waals surface area contributed by atoms with Crippen molar-refractivity contribution < 1.29 is 9.90 Å². The van der Waals surface area contributed by atoms with Gasteiger partial charge in [0.25, 0.3) is 5.56 Å². The van der Waals surface area contributed by atoms with E-state index >= 15 is 0 Å². The minimum atomic E-state index is -0.741. The molecule has 0 bridgehead atoms. The third kappa shape index (κ3) is 3.77. The van der Waals surface area contributed by atoms with Crippen molar-refractivity contribution in [3.63, 3.8) is 0 Å². The van der Waals surface area contributed by atoms with E-state index in [0.717, 1.165) is 36.2 Å². The Kier molecular flexibility index (Phi) is 5.38. The van der Waals surface area contributed by atoms with Crippen LogP contribution < -0.4 is 10.5 Å². The summed E-state index contributed by atoms with van der Waals surface area (Å²) in [6.07, 6.45) is 6.67. The van der Waals surface area contributed by atoms with Crippen molar-refractivity contribution in [3.05, 3.63) is 34.6 Å². The van der Waals surface area contributed by atoms with Gasteiger partial charge in [0.2, 0.25) is 0 Å². The van der Waals surface area contributed by atoms with Crippen LogP contribution >= 0.6 is 0 Å². The van der Waals surface area contributed by atoms with Crippen molar-refractivity contribution >= 4 is 22.8 Å². The molecule has 0 unspecified atom stereocenters. The number of carbonyl (C=O) groups is 1. The molecule has 6 nitrogen and oxygen atoms in total. The summed E-state index contributed by atoms with van der Waals surface area (Å²) in [6.45, 7) is 3.53. The van der Waals surface area contributed by atoms with Gasteiger partial charge in [-0.15, -0.1) is 0 Å². The molecule has 28 heavy (non-hydrogen) atoms. The Morgan fingerprint density at radius 2 is 1.89 bits per heavy atom. The van der Waals surface area contributed by atoms with Gasteiger partial charge in [0.1, 0.15) is 0 Å². The molecule has 6 heteroatoms. The number of aromatic nitrogens is 2. The van der Waals surface area contributed by atoms with Crippen LogP contribution in [0.1, 0.15) is 57.9 Å². The van der Waals surface area contributed by atoms with Crippen molar-refractivity contribution in [3.8, 4) is 0 Å². The van der Waals surface area contributed by atoms with Gasteiger partial charge in [0.05, 0.1) is 11.0 Å². The van der Waals surface area contributed by atoms with Gasteiger partial charge < -0.3 is 14.6 Å². The first kappa shape index (κ1) is 19.0. The molecule has 2 aromatic rings. The average Bonchev–Trinajstić information content (AvgIpc) is 2.64. The van der Waals surface area contributed by atoms with E-state index in [2.05, 4.69) is 11.8 Å². The zero-order valence-electron chi connectivity index (χ0n) is 16.5. The Morgan fingerprint density at radius 3 is 2.54 bits per heavy atom. The molecule has 2 fully saturated rings. The lowest BCUT2D eigenvalue weighted by atomic mass is 9.81. The van der Waals surface area contributed by atoms with Crippen LogP contribution in [-0.2, 0) is 4.79 Å². The number of para-hydroxylation sites is 2. The number of anilines is 1. The maximum atomic E-state index is 13.4. The number of rotatable bonds is 6. The van der Waals surface area contributed by atoms with E-state index < -0.39 is 5.97 Å². The number of carboxylic acid groups (broad SMARTS) is 1. The fraction of sp³-hybridized carbons (Fsp3) is 0.591. The largest absolute Gasteiger partial charge is 0.481 e. The number of nitrogens with zero attached hydrogens (tertiary/aromatic N) is 3. The van der Waals surface area contributed by atoms with E-state index in [1.54, 1.807) is 0 Å². The van der Waals surface area contributed by atoms with Crippen LogP contribution in [-0.4, -0.2) is 33.7 Å². The molecular weight excluding hydrogens is 354 g/mol. The van der Waals surface area contributed by atoms with Crippen molar-refractivity contribution in [1.29, 1.82) is 0 Å². The van der Waals surface area contributed by atoms with E-state index in [1.807, 2.05) is 28.8 Å². The van der Waals surface area contributed by atoms with Crippen molar-refractivity contribution in [2.24, 2.45) is 11.8 Å². The van der Waals surface area contributed by atoms with Gasteiger partial charge in [-0.25, -0.2) is 4.98 Å². The van der Waals surface area contributed by atoms with Crippen LogP contribution in [0.5, 0.6) is 0 Å². The molecule has 1 saturated carbocycles. The summed E-state index contributed by atoms with van der Waals surface area (Å²) >= 11 is 0. The Hall–Kier alpha value is -2.37. The first-order chi connectivity index (χ1) is 13.5. The maximum absolute atomic E-state index is 13.4. The first-order valence-electron chi connectivity index (χ1n) is 10.5. The summed E-state index contributed by atoms with van der Waals surface area (Å²) in [6, 6.07) is 8.04. The molecule has 0 radical (unpaired) electrons. The van der Waals surface area contributed by atoms with E-state index in [-0.39, 0.29) is 23.9 Å². The molecule has 1 aliphatic heterocycles. The third-order valence-corrected chi connectivity index (χ3v) is 6.50. The van der Waals surface area contributed by atoms with Gasteiger partial charge >= 0.3 is 5.97 Å². The first-order valence-corrected chi connectivity index (χ1v) is 10.5. The van der Waals surface area contributed by atoms with Gasteiger partial charge in [0.15, 0.2) is 5.82 Å². The molecule has 1 aliphatic carbocycles. The van der Waals surface area contributed by atoms with Crippen LogP contribution in [0, 0.1) is 11.8 Å². The summed E-state index contributed by atoms with van der Waals surface area (Å²) in [7, 11) is 0. The van der Waals surface area contributed by atoms with Gasteiger partial charge in [-0.2, -0.15) is 0 Å². The topological polar surface area (TPSA) is 75.4 Å². The Morgan fingerprint density at radius 1 is 1.18 bits per heavy atom. The number of aliphatic carboxylic acids is 1. The number of carboxylic acids is 1. The van der Waals surface area contributed by atoms with Gasteiger partial charge in [-0.3, -0.25) is 9.59 Å². The highest BCUT2D eigenvalue weighted by Crippen LogP contribution is 2.34. The number of hydrogen-bond donors (Lipinski definition) is 1. The van der Waals surface area contributed by atoms with Crippen molar-refractivity contribution in [1.82, 2.24) is 9.55 Å². The summed E-state index contributed by atoms with van der Waals surface area (Å²) in [5.74, 6) is 0.695. The van der Waals surface area contributed by atoms with Crippen LogP contribution in [0.15, 0.2) is 29.1 Å². The summed E-state index contributed by atoms with van der Waals surface area (Å²) in [5, 5.41) is 9.03. The second-order valence-electron chi connectivity index (χ2n) is 8.51. The predicted octanol–water partition coefficient (Wildman–Crippen LogP) is 3.84. The minimum absolute atomic E-state index is 0.0118. The van der Waals surface area contributed by atoms with Crippen LogP contribution in [0.2, 0.25) is 0 Å². The molecule has 0 amide bonds. The normalized spacial score (nSPS) is 19.5. The molecule has 1 aromatic carbocycles. The van der Waals surface area contributed by atoms with Crippen molar-refractivity contribution in [2.45, 2.75) is 57.9 Å². The quantitative estimate of drug-likeness (QED) is 0.820. The van der Waals surface area contributed by atoms with Crippen LogP contribution in [0.4, 0.5) is 5.82 Å². The summed E-state index contributed by atoms with van der Waals surface area (Å²) < 4.78 is 1.94. The lowest BCUT2D eigenvalue weighted by molar-refractivity contribution is -0.138. The lowest BCUT2D eigenvalue weighted by Crippen LogP contribution is -2.40. The molecule has 1 saturated heterocycles. The molecular formula is C22H29N3O3. The van der Waals surface area contributed by atoms with E-state index in [9.17, 15) is 9.59 Å². The molecule has 1 aromatic heterocycles. The Balaban J connectivity index is 1.64. The van der Waals surface area contributed by atoms with E-state index in [0.29, 0.717) is 18.9 Å². The smallest absolute Gasteiger partial charge is 0.303 e. The molecule has 4 rings (SSSR count). The zero-order chi connectivity index (χ0) is 19.7. The second-order valence-corrected chi connectivity index (χ2v) is 8.51.